The summed E-state index contributed by atoms with van der Waals surface area (Å²) in [6, 6.07) is 3.26. The van der Waals surface area contributed by atoms with Crippen LogP contribution in [-0.2, 0) is 6.42 Å². The van der Waals surface area contributed by atoms with Crippen molar-refractivity contribution in [1.82, 2.24) is 4.98 Å². The Bertz CT molecular complexity index is 542. The SMILES string of the molecule is CCCCc1c(O)nc(-c2ccco2)oc1=O. The molecule has 0 aliphatic carbocycles. The normalized spacial score (nSPS) is 10.6. The van der Waals surface area contributed by atoms with E-state index in [1.54, 1.807) is 12.1 Å². The maximum Gasteiger partial charge on any atom is 0.346 e. The third-order valence-corrected chi connectivity index (χ3v) is 2.43. The fourth-order valence-electron chi connectivity index (χ4n) is 1.50. The summed E-state index contributed by atoms with van der Waals surface area (Å²) in [5, 5.41) is 9.68. The highest BCUT2D eigenvalue weighted by atomic mass is 16.4. The van der Waals surface area contributed by atoms with Crippen molar-refractivity contribution >= 4 is 0 Å². The Hall–Kier alpha value is -2.04. The number of rotatable bonds is 4. The summed E-state index contributed by atoms with van der Waals surface area (Å²) in [6.45, 7) is 2.00. The van der Waals surface area contributed by atoms with Gasteiger partial charge in [0.25, 0.3) is 5.89 Å². The molecule has 0 fully saturated rings. The fraction of sp³-hybridized carbons (Fsp3) is 0.333. The number of hydrogen-bond donors (Lipinski definition) is 1. The molecule has 0 aliphatic rings. The fourth-order valence-corrected chi connectivity index (χ4v) is 1.50. The Morgan fingerprint density at radius 3 is 2.88 bits per heavy atom. The van der Waals surface area contributed by atoms with Crippen molar-refractivity contribution in [3.8, 4) is 17.5 Å². The van der Waals surface area contributed by atoms with E-state index in [0.29, 0.717) is 12.2 Å². The lowest BCUT2D eigenvalue weighted by Crippen LogP contribution is -2.09. The van der Waals surface area contributed by atoms with E-state index in [2.05, 4.69) is 4.98 Å². The van der Waals surface area contributed by atoms with Gasteiger partial charge in [-0.2, -0.15) is 4.98 Å². The van der Waals surface area contributed by atoms with Crippen LogP contribution >= 0.6 is 0 Å². The molecule has 0 saturated carbocycles. The minimum absolute atomic E-state index is 0.00208. The number of hydrogen-bond acceptors (Lipinski definition) is 5. The molecule has 5 heteroatoms. The van der Waals surface area contributed by atoms with Crippen LogP contribution in [0.25, 0.3) is 11.7 Å². The lowest BCUT2D eigenvalue weighted by molar-refractivity contribution is 0.400. The van der Waals surface area contributed by atoms with Crippen LogP contribution in [0.1, 0.15) is 25.3 Å². The lowest BCUT2D eigenvalue weighted by Gasteiger charge is -2.02. The number of unbranched alkanes of at least 4 members (excludes halogenated alkanes) is 1. The average molecular weight is 235 g/mol. The van der Waals surface area contributed by atoms with E-state index in [4.69, 9.17) is 8.83 Å². The molecule has 0 bridgehead atoms. The molecule has 0 atom stereocenters. The second kappa shape index (κ2) is 4.86. The van der Waals surface area contributed by atoms with E-state index in [9.17, 15) is 9.90 Å². The zero-order valence-corrected chi connectivity index (χ0v) is 9.47. The molecule has 90 valence electrons. The van der Waals surface area contributed by atoms with Gasteiger partial charge >= 0.3 is 5.63 Å². The molecule has 2 aromatic rings. The van der Waals surface area contributed by atoms with Gasteiger partial charge in [0.05, 0.1) is 11.8 Å². The molecular weight excluding hydrogens is 222 g/mol. The Morgan fingerprint density at radius 2 is 2.29 bits per heavy atom. The number of aromatic nitrogens is 1. The highest BCUT2D eigenvalue weighted by molar-refractivity contribution is 5.44. The van der Waals surface area contributed by atoms with Gasteiger partial charge < -0.3 is 13.9 Å². The molecule has 0 unspecified atom stereocenters. The second-order valence-electron chi connectivity index (χ2n) is 3.69. The monoisotopic (exact) mass is 235 g/mol. The zero-order chi connectivity index (χ0) is 12.3. The topological polar surface area (TPSA) is 76.5 Å². The summed E-state index contributed by atoms with van der Waals surface area (Å²) < 4.78 is 10.1. The van der Waals surface area contributed by atoms with Crippen molar-refractivity contribution in [3.05, 3.63) is 34.4 Å². The van der Waals surface area contributed by atoms with Gasteiger partial charge in [-0.05, 0) is 25.0 Å². The first-order valence-electron chi connectivity index (χ1n) is 5.49. The van der Waals surface area contributed by atoms with Gasteiger partial charge in [-0.15, -0.1) is 0 Å². The van der Waals surface area contributed by atoms with Crippen LogP contribution in [0.4, 0.5) is 0 Å². The largest absolute Gasteiger partial charge is 0.493 e. The molecule has 0 saturated heterocycles. The first kappa shape index (κ1) is 11.4. The van der Waals surface area contributed by atoms with Crippen LogP contribution in [0, 0.1) is 0 Å². The Kier molecular flexibility index (Phi) is 3.27. The summed E-state index contributed by atoms with van der Waals surface area (Å²) in [6.07, 6.45) is 3.65. The van der Waals surface area contributed by atoms with Gasteiger partial charge in [-0.25, -0.2) is 4.79 Å². The minimum atomic E-state index is -0.558. The molecule has 2 rings (SSSR count). The third-order valence-electron chi connectivity index (χ3n) is 2.43. The quantitative estimate of drug-likeness (QED) is 0.880. The zero-order valence-electron chi connectivity index (χ0n) is 9.47. The molecule has 1 N–H and O–H groups in total. The average Bonchev–Trinajstić information content (AvgIpc) is 2.81. The van der Waals surface area contributed by atoms with Gasteiger partial charge in [-0.3, -0.25) is 0 Å². The van der Waals surface area contributed by atoms with Crippen LogP contribution in [0.15, 0.2) is 32.0 Å². The van der Waals surface area contributed by atoms with Gasteiger partial charge in [0, 0.05) is 0 Å². The number of aromatic hydroxyl groups is 1. The van der Waals surface area contributed by atoms with Crippen molar-refractivity contribution in [2.75, 3.05) is 0 Å². The van der Waals surface area contributed by atoms with Crippen LogP contribution in [-0.4, -0.2) is 10.1 Å². The summed E-state index contributed by atoms with van der Waals surface area (Å²) in [5.74, 6) is 0.0401. The standard InChI is InChI=1S/C12H13NO4/c1-2-3-5-8-10(14)13-11(17-12(8)15)9-6-4-7-16-9/h4,6-7,14H,2-3,5H2,1H3. The van der Waals surface area contributed by atoms with Gasteiger partial charge in [0.15, 0.2) is 5.76 Å². The molecule has 0 aliphatic heterocycles. The molecule has 2 aromatic heterocycles. The van der Waals surface area contributed by atoms with E-state index in [0.717, 1.165) is 12.8 Å². The number of nitrogens with zero attached hydrogens (tertiary/aromatic N) is 1. The molecule has 0 aromatic carbocycles. The molecule has 0 radical (unpaired) electrons. The van der Waals surface area contributed by atoms with Crippen LogP contribution in [0.2, 0.25) is 0 Å². The van der Waals surface area contributed by atoms with E-state index in [1.165, 1.54) is 6.26 Å². The Morgan fingerprint density at radius 1 is 1.47 bits per heavy atom. The Balaban J connectivity index is 2.38. The molecule has 0 spiro atoms. The van der Waals surface area contributed by atoms with Crippen molar-refractivity contribution in [1.29, 1.82) is 0 Å². The molecule has 2 heterocycles. The summed E-state index contributed by atoms with van der Waals surface area (Å²) >= 11 is 0. The van der Waals surface area contributed by atoms with Crippen LogP contribution < -0.4 is 5.63 Å². The highest BCUT2D eigenvalue weighted by Crippen LogP contribution is 2.20. The van der Waals surface area contributed by atoms with Crippen LogP contribution in [0.5, 0.6) is 5.88 Å². The third kappa shape index (κ3) is 2.38. The van der Waals surface area contributed by atoms with Gasteiger partial charge in [-0.1, -0.05) is 13.3 Å². The summed E-state index contributed by atoms with van der Waals surface area (Å²) in [5.41, 5.74) is -0.334. The maximum absolute atomic E-state index is 11.7. The van der Waals surface area contributed by atoms with E-state index in [-0.39, 0.29) is 17.3 Å². The van der Waals surface area contributed by atoms with Crippen molar-refractivity contribution in [3.63, 3.8) is 0 Å². The Labute approximate surface area is 97.7 Å². The lowest BCUT2D eigenvalue weighted by atomic mass is 10.1. The van der Waals surface area contributed by atoms with Crippen molar-refractivity contribution in [2.24, 2.45) is 0 Å². The first-order chi connectivity index (χ1) is 8.22. The van der Waals surface area contributed by atoms with Crippen LogP contribution in [0.3, 0.4) is 0 Å². The molecular formula is C12H13NO4. The second-order valence-corrected chi connectivity index (χ2v) is 3.69. The summed E-state index contributed by atoms with van der Waals surface area (Å²) in [7, 11) is 0. The molecule has 17 heavy (non-hydrogen) atoms. The first-order valence-corrected chi connectivity index (χ1v) is 5.49. The van der Waals surface area contributed by atoms with Gasteiger partial charge in [0.1, 0.15) is 0 Å². The van der Waals surface area contributed by atoms with E-state index in [1.807, 2.05) is 6.92 Å². The highest BCUT2D eigenvalue weighted by Gasteiger charge is 2.14. The van der Waals surface area contributed by atoms with E-state index < -0.39 is 5.63 Å². The predicted octanol–water partition coefficient (Wildman–Crippen LogP) is 2.34. The summed E-state index contributed by atoms with van der Waals surface area (Å²) in [4.78, 5) is 15.5. The minimum Gasteiger partial charge on any atom is -0.493 e. The van der Waals surface area contributed by atoms with E-state index >= 15 is 0 Å². The predicted molar refractivity (Wildman–Crippen MR) is 60.8 cm³/mol. The van der Waals surface area contributed by atoms with Crippen molar-refractivity contribution in [2.45, 2.75) is 26.2 Å². The van der Waals surface area contributed by atoms with Crippen molar-refractivity contribution < 1.29 is 13.9 Å². The van der Waals surface area contributed by atoms with Gasteiger partial charge in [0.2, 0.25) is 5.88 Å². The maximum atomic E-state index is 11.7. The smallest absolute Gasteiger partial charge is 0.346 e. The molecule has 5 nitrogen and oxygen atoms in total. The number of furan rings is 1. The molecule has 0 amide bonds.